The maximum Gasteiger partial charge on any atom is 0.335 e. The van der Waals surface area contributed by atoms with Gasteiger partial charge in [-0.25, -0.2) is 9.69 Å². The molecule has 0 bridgehead atoms. The molecule has 0 saturated carbocycles. The first kappa shape index (κ1) is 17.2. The smallest absolute Gasteiger partial charge is 0.335 e. The summed E-state index contributed by atoms with van der Waals surface area (Å²) in [6.45, 7) is 1.88. The molecule has 7 heteroatoms. The number of aromatic hydroxyl groups is 1. The summed E-state index contributed by atoms with van der Waals surface area (Å²) in [7, 11) is 1.39. The van der Waals surface area contributed by atoms with Crippen molar-refractivity contribution in [2.45, 2.75) is 6.92 Å². The van der Waals surface area contributed by atoms with Crippen LogP contribution in [0.15, 0.2) is 48.0 Å². The van der Waals surface area contributed by atoms with Gasteiger partial charge in [0.25, 0.3) is 11.8 Å². The molecule has 2 N–H and O–H groups in total. The number of phenols is 1. The summed E-state index contributed by atoms with van der Waals surface area (Å²) >= 11 is 0. The average Bonchev–Trinajstić information content (AvgIpc) is 2.61. The van der Waals surface area contributed by atoms with E-state index in [0.717, 1.165) is 10.5 Å². The summed E-state index contributed by atoms with van der Waals surface area (Å²) in [4.78, 5) is 37.9. The van der Waals surface area contributed by atoms with Gasteiger partial charge in [0, 0.05) is 0 Å². The lowest BCUT2D eigenvalue weighted by atomic mass is 10.1. The molecular weight excluding hydrogens is 336 g/mol. The molecule has 1 fully saturated rings. The van der Waals surface area contributed by atoms with Crippen LogP contribution < -0.4 is 15.0 Å². The largest absolute Gasteiger partial charge is 0.504 e. The molecule has 0 atom stereocenters. The second-order valence-electron chi connectivity index (χ2n) is 5.72. The molecule has 2 aromatic rings. The van der Waals surface area contributed by atoms with Crippen LogP contribution in [-0.4, -0.2) is 30.1 Å². The van der Waals surface area contributed by atoms with Gasteiger partial charge in [0.15, 0.2) is 11.5 Å². The van der Waals surface area contributed by atoms with Gasteiger partial charge in [-0.2, -0.15) is 0 Å². The minimum Gasteiger partial charge on any atom is -0.504 e. The van der Waals surface area contributed by atoms with E-state index in [2.05, 4.69) is 5.32 Å². The number of hydrogen-bond donors (Lipinski definition) is 2. The number of imide groups is 2. The van der Waals surface area contributed by atoms with E-state index < -0.39 is 17.8 Å². The van der Waals surface area contributed by atoms with E-state index in [1.54, 1.807) is 24.3 Å². The van der Waals surface area contributed by atoms with Crippen molar-refractivity contribution < 1.29 is 24.2 Å². The lowest BCUT2D eigenvalue weighted by molar-refractivity contribution is -0.122. The number of methoxy groups -OCH3 is 1. The molecule has 2 aromatic carbocycles. The number of anilines is 1. The minimum absolute atomic E-state index is 0.0643. The second kappa shape index (κ2) is 6.72. The van der Waals surface area contributed by atoms with Crippen molar-refractivity contribution in [2.24, 2.45) is 0 Å². The normalized spacial score (nSPS) is 16.0. The van der Waals surface area contributed by atoms with E-state index in [-0.39, 0.29) is 17.1 Å². The fraction of sp³-hybridized carbons (Fsp3) is 0.105. The lowest BCUT2D eigenvalue weighted by Crippen LogP contribution is -2.54. The number of ether oxygens (including phenoxy) is 1. The Hall–Kier alpha value is -3.61. The van der Waals surface area contributed by atoms with Crippen LogP contribution >= 0.6 is 0 Å². The Morgan fingerprint density at radius 3 is 2.42 bits per heavy atom. The van der Waals surface area contributed by atoms with Gasteiger partial charge in [0.05, 0.1) is 12.8 Å². The van der Waals surface area contributed by atoms with Crippen molar-refractivity contribution in [1.82, 2.24) is 5.32 Å². The predicted molar refractivity (Wildman–Crippen MR) is 94.8 cm³/mol. The van der Waals surface area contributed by atoms with Crippen LogP contribution in [0.4, 0.5) is 10.5 Å². The van der Waals surface area contributed by atoms with E-state index >= 15 is 0 Å². The van der Waals surface area contributed by atoms with Crippen molar-refractivity contribution in [3.8, 4) is 11.5 Å². The minimum atomic E-state index is -0.802. The zero-order valence-corrected chi connectivity index (χ0v) is 14.1. The summed E-state index contributed by atoms with van der Waals surface area (Å²) in [5.74, 6) is -1.37. The molecular formula is C19H16N2O5. The number of nitrogens with one attached hydrogen (secondary N) is 1. The van der Waals surface area contributed by atoms with Crippen molar-refractivity contribution in [3.05, 3.63) is 59.2 Å². The molecule has 0 aromatic heterocycles. The zero-order valence-electron chi connectivity index (χ0n) is 14.1. The molecule has 0 unspecified atom stereocenters. The first-order valence-corrected chi connectivity index (χ1v) is 7.76. The van der Waals surface area contributed by atoms with Crippen LogP contribution in [0, 0.1) is 6.92 Å². The molecule has 4 amide bonds. The summed E-state index contributed by atoms with van der Waals surface area (Å²) < 4.78 is 5.02. The third-order valence-corrected chi connectivity index (χ3v) is 3.91. The van der Waals surface area contributed by atoms with Gasteiger partial charge in [0.1, 0.15) is 5.57 Å². The van der Waals surface area contributed by atoms with Crippen LogP contribution in [0.1, 0.15) is 11.1 Å². The van der Waals surface area contributed by atoms with Crippen molar-refractivity contribution >= 4 is 29.6 Å². The van der Waals surface area contributed by atoms with Gasteiger partial charge < -0.3 is 9.84 Å². The molecule has 1 saturated heterocycles. The molecule has 26 heavy (non-hydrogen) atoms. The Kier molecular flexibility index (Phi) is 4.45. The van der Waals surface area contributed by atoms with Crippen LogP contribution in [0.2, 0.25) is 0 Å². The van der Waals surface area contributed by atoms with E-state index in [1.165, 1.54) is 31.4 Å². The van der Waals surface area contributed by atoms with Gasteiger partial charge in [-0.05, 0) is 42.8 Å². The standard InChI is InChI=1S/C19H16N2O5/c1-11-3-6-13(7-4-11)21-18(24)14(17(23)20-19(21)25)9-12-5-8-15(22)16(10-12)26-2/h3-10,22H,1-2H3,(H,20,23,25)/b14-9+. The fourth-order valence-corrected chi connectivity index (χ4v) is 2.54. The van der Waals surface area contributed by atoms with E-state index in [0.29, 0.717) is 11.3 Å². The molecule has 3 rings (SSSR count). The van der Waals surface area contributed by atoms with Crippen molar-refractivity contribution in [2.75, 3.05) is 12.0 Å². The number of benzene rings is 2. The Morgan fingerprint density at radius 2 is 1.77 bits per heavy atom. The number of carbonyl (C=O) groups is 3. The maximum atomic E-state index is 12.8. The summed E-state index contributed by atoms with van der Waals surface area (Å²) in [6.07, 6.45) is 1.34. The molecule has 132 valence electrons. The van der Waals surface area contributed by atoms with Crippen LogP contribution in [0.5, 0.6) is 11.5 Å². The van der Waals surface area contributed by atoms with Crippen molar-refractivity contribution in [1.29, 1.82) is 0 Å². The Balaban J connectivity index is 2.01. The Labute approximate surface area is 149 Å². The fourth-order valence-electron chi connectivity index (χ4n) is 2.54. The number of phenolic OH excluding ortho intramolecular Hbond substituents is 1. The topological polar surface area (TPSA) is 95.9 Å². The first-order valence-electron chi connectivity index (χ1n) is 7.76. The third-order valence-electron chi connectivity index (χ3n) is 3.91. The van der Waals surface area contributed by atoms with Gasteiger partial charge in [-0.3, -0.25) is 14.9 Å². The number of aryl methyl sites for hydroxylation is 1. The highest BCUT2D eigenvalue weighted by Gasteiger charge is 2.36. The number of nitrogens with zero attached hydrogens (tertiary/aromatic N) is 1. The Morgan fingerprint density at radius 1 is 1.08 bits per heavy atom. The summed E-state index contributed by atoms with van der Waals surface area (Å²) in [5, 5.41) is 11.8. The molecule has 0 aliphatic carbocycles. The summed E-state index contributed by atoms with van der Waals surface area (Å²) in [5.41, 5.74) is 1.61. The quantitative estimate of drug-likeness (QED) is 0.653. The van der Waals surface area contributed by atoms with Gasteiger partial charge in [0.2, 0.25) is 0 Å². The van der Waals surface area contributed by atoms with Crippen LogP contribution in [0.25, 0.3) is 6.08 Å². The Bertz CT molecular complexity index is 931. The number of barbiturate groups is 1. The molecule has 0 radical (unpaired) electrons. The molecule has 1 aliphatic rings. The van der Waals surface area contributed by atoms with Crippen LogP contribution in [-0.2, 0) is 9.59 Å². The van der Waals surface area contributed by atoms with E-state index in [4.69, 9.17) is 4.74 Å². The zero-order chi connectivity index (χ0) is 18.8. The number of urea groups is 1. The average molecular weight is 352 g/mol. The SMILES string of the molecule is COc1cc(/C=C2\C(=O)NC(=O)N(c3ccc(C)cc3)C2=O)ccc1O. The highest BCUT2D eigenvalue weighted by Crippen LogP contribution is 2.28. The van der Waals surface area contributed by atoms with Crippen LogP contribution in [0.3, 0.4) is 0 Å². The lowest BCUT2D eigenvalue weighted by Gasteiger charge is -2.26. The van der Waals surface area contributed by atoms with Gasteiger partial charge in [-0.1, -0.05) is 23.8 Å². The van der Waals surface area contributed by atoms with E-state index in [9.17, 15) is 19.5 Å². The predicted octanol–water partition coefficient (Wildman–Crippen LogP) is 2.38. The second-order valence-corrected chi connectivity index (χ2v) is 5.72. The molecule has 1 heterocycles. The van der Waals surface area contributed by atoms with E-state index in [1.807, 2.05) is 6.92 Å². The third kappa shape index (κ3) is 3.14. The van der Waals surface area contributed by atoms with Gasteiger partial charge >= 0.3 is 6.03 Å². The highest BCUT2D eigenvalue weighted by molar-refractivity contribution is 6.39. The maximum absolute atomic E-state index is 12.8. The molecule has 1 aliphatic heterocycles. The van der Waals surface area contributed by atoms with Crippen molar-refractivity contribution in [3.63, 3.8) is 0 Å². The van der Waals surface area contributed by atoms with Gasteiger partial charge in [-0.15, -0.1) is 0 Å². The number of amides is 4. The first-order chi connectivity index (χ1) is 12.4. The molecule has 7 nitrogen and oxygen atoms in total. The molecule has 0 spiro atoms. The monoisotopic (exact) mass is 352 g/mol. The summed E-state index contributed by atoms with van der Waals surface area (Å²) in [6, 6.07) is 10.4. The number of hydrogen-bond acceptors (Lipinski definition) is 5. The highest BCUT2D eigenvalue weighted by atomic mass is 16.5. The number of carbonyl (C=O) groups excluding carboxylic acids is 3. The number of rotatable bonds is 3.